The number of anilines is 2. The maximum absolute atomic E-state index is 13.9. The average molecular weight is 591 g/mol. The van der Waals surface area contributed by atoms with Gasteiger partial charge in [-0.05, 0) is 49.9 Å². The van der Waals surface area contributed by atoms with Crippen LogP contribution < -0.4 is 10.6 Å². The van der Waals surface area contributed by atoms with E-state index >= 15 is 0 Å². The highest BCUT2D eigenvalue weighted by Gasteiger charge is 2.76. The maximum Gasteiger partial charge on any atom is 0.250 e. The number of likely N-dealkylation sites (tertiary alicyclic amines) is 1. The van der Waals surface area contributed by atoms with E-state index < -0.39 is 35.5 Å². The number of hydrogen-bond acceptors (Lipinski definition) is 5. The van der Waals surface area contributed by atoms with E-state index in [9.17, 15) is 19.5 Å². The fraction of sp³-hybridized carbons (Fsp3) is 0.444. The van der Waals surface area contributed by atoms with Crippen LogP contribution in [0.2, 0.25) is 5.02 Å². The van der Waals surface area contributed by atoms with Gasteiger partial charge in [0.1, 0.15) is 11.6 Å². The van der Waals surface area contributed by atoms with E-state index in [-0.39, 0.29) is 29.8 Å². The van der Waals surface area contributed by atoms with E-state index in [2.05, 4.69) is 26.6 Å². The lowest BCUT2D eigenvalue weighted by Crippen LogP contribution is -2.54. The number of amides is 3. The molecule has 5 rings (SSSR count). The number of carbonyl (C=O) groups is 3. The van der Waals surface area contributed by atoms with Gasteiger partial charge in [0.25, 0.3) is 0 Å². The molecule has 3 saturated heterocycles. The van der Waals surface area contributed by atoms with E-state index in [1.54, 1.807) is 24.3 Å². The van der Waals surface area contributed by atoms with Crippen LogP contribution in [0.3, 0.4) is 0 Å². The second kappa shape index (κ2) is 10.4. The molecule has 0 aliphatic carbocycles. The van der Waals surface area contributed by atoms with Crippen molar-refractivity contribution >= 4 is 56.6 Å². The van der Waals surface area contributed by atoms with Gasteiger partial charge < -0.3 is 25.4 Å². The molecule has 8 nitrogen and oxygen atoms in total. The highest BCUT2D eigenvalue weighted by atomic mass is 79.9. The molecule has 3 unspecified atom stereocenters. The fourth-order valence-corrected chi connectivity index (χ4v) is 7.30. The van der Waals surface area contributed by atoms with Crippen molar-refractivity contribution in [3.8, 4) is 0 Å². The Labute approximate surface area is 228 Å². The Morgan fingerprint density at radius 2 is 1.89 bits per heavy atom. The topological polar surface area (TPSA) is 108 Å². The minimum atomic E-state index is -1.16. The van der Waals surface area contributed by atoms with E-state index in [1.165, 1.54) is 4.90 Å². The number of benzene rings is 2. The van der Waals surface area contributed by atoms with Crippen molar-refractivity contribution in [2.24, 2.45) is 11.8 Å². The van der Waals surface area contributed by atoms with Crippen molar-refractivity contribution in [3.05, 3.63) is 59.1 Å². The molecule has 1 spiro atoms. The maximum atomic E-state index is 13.9. The van der Waals surface area contributed by atoms with Gasteiger partial charge in [0.05, 0.1) is 28.6 Å². The first-order valence-corrected chi connectivity index (χ1v) is 13.7. The highest BCUT2D eigenvalue weighted by Crippen LogP contribution is 2.60. The lowest BCUT2D eigenvalue weighted by Gasteiger charge is -2.34. The Hall–Kier alpha value is -2.46. The molecule has 37 heavy (non-hydrogen) atoms. The first-order chi connectivity index (χ1) is 17.8. The predicted octanol–water partition coefficient (Wildman–Crippen LogP) is 3.75. The molecule has 0 radical (unpaired) electrons. The SMILES string of the molecule is Cc1cccc(Cl)c1NC(=O)C1N(CCCCO)C(=O)[C@@H]2[C@@H](C(=O)Nc3ccccc3)[C@@H]3OC12CC3Br. The zero-order valence-corrected chi connectivity index (χ0v) is 22.7. The lowest BCUT2D eigenvalue weighted by atomic mass is 9.70. The second-order valence-electron chi connectivity index (χ2n) is 9.90. The molecule has 2 aromatic rings. The van der Waals surface area contributed by atoms with Gasteiger partial charge in [-0.3, -0.25) is 14.4 Å². The smallest absolute Gasteiger partial charge is 0.250 e. The molecule has 2 bridgehead atoms. The summed E-state index contributed by atoms with van der Waals surface area (Å²) in [5.74, 6) is -2.54. The monoisotopic (exact) mass is 589 g/mol. The van der Waals surface area contributed by atoms with Crippen molar-refractivity contribution in [3.63, 3.8) is 0 Å². The van der Waals surface area contributed by atoms with Crippen LogP contribution in [0.5, 0.6) is 0 Å². The second-order valence-corrected chi connectivity index (χ2v) is 11.5. The molecule has 10 heteroatoms. The van der Waals surface area contributed by atoms with Crippen molar-refractivity contribution in [2.45, 2.75) is 48.8 Å². The number of ether oxygens (including phenoxy) is 1. The molecule has 3 aliphatic rings. The number of aliphatic hydroxyl groups is 1. The molecule has 3 amide bonds. The van der Waals surface area contributed by atoms with Crippen LogP contribution in [0.1, 0.15) is 24.8 Å². The molecular weight excluding hydrogens is 562 g/mol. The number of alkyl halides is 1. The molecule has 3 N–H and O–H groups in total. The molecule has 2 aromatic carbocycles. The number of rotatable bonds is 8. The van der Waals surface area contributed by atoms with Gasteiger partial charge in [0.2, 0.25) is 17.7 Å². The minimum absolute atomic E-state index is 0.0174. The Bertz CT molecular complexity index is 1190. The Kier molecular flexibility index (Phi) is 7.33. The normalized spacial score (nSPS) is 29.9. The van der Waals surface area contributed by atoms with Crippen LogP contribution in [0, 0.1) is 18.8 Å². The van der Waals surface area contributed by atoms with Crippen LogP contribution in [0.4, 0.5) is 11.4 Å². The van der Waals surface area contributed by atoms with Crippen LogP contribution in [-0.2, 0) is 19.1 Å². The van der Waals surface area contributed by atoms with Crippen LogP contribution in [0.15, 0.2) is 48.5 Å². The molecule has 6 atom stereocenters. The zero-order valence-electron chi connectivity index (χ0n) is 20.3. The fourth-order valence-electron chi connectivity index (χ4n) is 6.09. The first-order valence-electron chi connectivity index (χ1n) is 12.4. The average Bonchev–Trinajstić information content (AvgIpc) is 3.46. The molecular formula is C27H29BrClN3O5. The van der Waals surface area contributed by atoms with Gasteiger partial charge in [0.15, 0.2) is 0 Å². The van der Waals surface area contributed by atoms with Crippen molar-refractivity contribution < 1.29 is 24.2 Å². The molecule has 3 fully saturated rings. The van der Waals surface area contributed by atoms with E-state index in [0.29, 0.717) is 35.7 Å². The van der Waals surface area contributed by atoms with Gasteiger partial charge in [-0.25, -0.2) is 0 Å². The van der Waals surface area contributed by atoms with Crippen molar-refractivity contribution in [1.82, 2.24) is 4.90 Å². The summed E-state index contributed by atoms with van der Waals surface area (Å²) in [6, 6.07) is 13.5. The largest absolute Gasteiger partial charge is 0.396 e. The number of carbonyl (C=O) groups excluding carboxylic acids is 3. The third kappa shape index (κ3) is 4.46. The number of hydrogen-bond donors (Lipinski definition) is 3. The number of nitrogens with one attached hydrogen (secondary N) is 2. The molecule has 3 aliphatic heterocycles. The number of halogens is 2. The van der Waals surface area contributed by atoms with Gasteiger partial charge in [0, 0.05) is 23.7 Å². The van der Waals surface area contributed by atoms with Gasteiger partial charge in [-0.1, -0.05) is 57.9 Å². The number of unbranched alkanes of at least 4 members (excludes halogenated alkanes) is 1. The number of nitrogens with zero attached hydrogens (tertiary/aromatic N) is 1. The van der Waals surface area contributed by atoms with Gasteiger partial charge in [-0.2, -0.15) is 0 Å². The Balaban J connectivity index is 1.50. The summed E-state index contributed by atoms with van der Waals surface area (Å²) >= 11 is 10.1. The Morgan fingerprint density at radius 1 is 1.14 bits per heavy atom. The summed E-state index contributed by atoms with van der Waals surface area (Å²) < 4.78 is 6.49. The summed E-state index contributed by atoms with van der Waals surface area (Å²) in [7, 11) is 0. The van der Waals surface area contributed by atoms with Gasteiger partial charge >= 0.3 is 0 Å². The van der Waals surface area contributed by atoms with Crippen molar-refractivity contribution in [2.75, 3.05) is 23.8 Å². The highest BCUT2D eigenvalue weighted by molar-refractivity contribution is 9.09. The summed E-state index contributed by atoms with van der Waals surface area (Å²) in [5, 5.41) is 15.6. The van der Waals surface area contributed by atoms with E-state index in [4.69, 9.17) is 16.3 Å². The Morgan fingerprint density at radius 3 is 2.59 bits per heavy atom. The molecule has 196 valence electrons. The van der Waals surface area contributed by atoms with Crippen LogP contribution >= 0.6 is 27.5 Å². The number of aliphatic hydroxyl groups excluding tert-OH is 1. The standard InChI is InChI=1S/C27H29BrClN3O5/c1-15-8-7-11-18(29)21(15)31-25(35)23-27-14-17(28)22(37-27)19(24(34)30-16-9-3-2-4-10-16)20(27)26(36)32(23)12-5-6-13-33/h2-4,7-11,17,19-20,22-23,33H,5-6,12-14H2,1H3,(H,30,34)(H,31,35)/t17?,19-,20+,22-,23?,27?/m1/s1. The number of fused-ring (bicyclic) bond motifs is 1. The molecule has 0 saturated carbocycles. The van der Waals surface area contributed by atoms with Gasteiger partial charge in [-0.15, -0.1) is 0 Å². The first kappa shape index (κ1) is 26.2. The molecule has 0 aromatic heterocycles. The van der Waals surface area contributed by atoms with Crippen LogP contribution in [0.25, 0.3) is 0 Å². The lowest BCUT2D eigenvalue weighted by molar-refractivity contribution is -0.139. The third-order valence-electron chi connectivity index (χ3n) is 7.66. The van der Waals surface area contributed by atoms with Crippen LogP contribution in [-0.4, -0.2) is 63.5 Å². The molecule has 3 heterocycles. The number of para-hydroxylation sites is 2. The van der Waals surface area contributed by atoms with E-state index in [0.717, 1.165) is 5.56 Å². The zero-order chi connectivity index (χ0) is 26.3. The summed E-state index contributed by atoms with van der Waals surface area (Å²) in [6.07, 6.45) is 0.873. The summed E-state index contributed by atoms with van der Waals surface area (Å²) in [6.45, 7) is 2.10. The third-order valence-corrected chi connectivity index (χ3v) is 8.82. The minimum Gasteiger partial charge on any atom is -0.396 e. The summed E-state index contributed by atoms with van der Waals surface area (Å²) in [4.78, 5) is 42.7. The van der Waals surface area contributed by atoms with E-state index in [1.807, 2.05) is 31.2 Å². The summed E-state index contributed by atoms with van der Waals surface area (Å²) in [5.41, 5.74) is 0.746. The number of aryl methyl sites for hydroxylation is 1. The van der Waals surface area contributed by atoms with Crippen molar-refractivity contribution in [1.29, 1.82) is 0 Å². The predicted molar refractivity (Wildman–Crippen MR) is 144 cm³/mol. The quantitative estimate of drug-likeness (QED) is 0.321.